The van der Waals surface area contributed by atoms with E-state index in [0.717, 1.165) is 16.5 Å². The van der Waals surface area contributed by atoms with Gasteiger partial charge in [-0.3, -0.25) is 0 Å². The highest BCUT2D eigenvalue weighted by molar-refractivity contribution is 6.30. The van der Waals surface area contributed by atoms with Crippen molar-refractivity contribution in [2.24, 2.45) is 10.4 Å². The summed E-state index contributed by atoms with van der Waals surface area (Å²) in [7, 11) is 0. The third kappa shape index (κ3) is 2.59. The molecule has 2 atom stereocenters. The standard InChI is InChI=1S/C15H18ClNO/c1-5-12-13(10-6-8-11(16)9-7-10)18-14(17-12)15(2,3)4/h5-9,12-13H,1H2,2-4H3/t12-,13+/m1/s1. The number of ether oxygens (including phenoxy) is 1. The minimum Gasteiger partial charge on any atom is -0.470 e. The molecule has 1 aromatic rings. The highest BCUT2D eigenvalue weighted by Gasteiger charge is 2.35. The largest absolute Gasteiger partial charge is 0.470 e. The van der Waals surface area contributed by atoms with Crippen LogP contribution < -0.4 is 0 Å². The third-order valence-electron chi connectivity index (χ3n) is 2.90. The topological polar surface area (TPSA) is 21.6 Å². The number of halogens is 1. The first kappa shape index (κ1) is 13.2. The summed E-state index contributed by atoms with van der Waals surface area (Å²) in [6, 6.07) is 7.67. The zero-order chi connectivity index (χ0) is 13.3. The van der Waals surface area contributed by atoms with Gasteiger partial charge in [-0.15, -0.1) is 6.58 Å². The summed E-state index contributed by atoms with van der Waals surface area (Å²) < 4.78 is 5.99. The fourth-order valence-electron chi connectivity index (χ4n) is 1.89. The lowest BCUT2D eigenvalue weighted by molar-refractivity contribution is 0.188. The highest BCUT2D eigenvalue weighted by atomic mass is 35.5. The van der Waals surface area contributed by atoms with Gasteiger partial charge in [0.1, 0.15) is 6.04 Å². The Kier molecular flexibility index (Phi) is 3.49. The minimum atomic E-state index is -0.0889. The minimum absolute atomic E-state index is 0.0274. The lowest BCUT2D eigenvalue weighted by Gasteiger charge is -2.21. The lowest BCUT2D eigenvalue weighted by Crippen LogP contribution is -2.21. The number of aliphatic imine (C=N–C) groups is 1. The molecule has 1 aromatic carbocycles. The average Bonchev–Trinajstić information content (AvgIpc) is 2.73. The molecule has 1 aliphatic rings. The van der Waals surface area contributed by atoms with Crippen LogP contribution in [-0.4, -0.2) is 11.9 Å². The number of benzene rings is 1. The Hall–Kier alpha value is -1.28. The van der Waals surface area contributed by atoms with Crippen LogP contribution >= 0.6 is 11.6 Å². The van der Waals surface area contributed by atoms with Crippen LogP contribution in [0.15, 0.2) is 41.9 Å². The van der Waals surface area contributed by atoms with Crippen LogP contribution in [0.3, 0.4) is 0 Å². The van der Waals surface area contributed by atoms with E-state index < -0.39 is 0 Å². The Labute approximate surface area is 113 Å². The molecule has 2 nitrogen and oxygen atoms in total. The van der Waals surface area contributed by atoms with Gasteiger partial charge in [0.25, 0.3) is 0 Å². The number of hydrogen-bond acceptors (Lipinski definition) is 2. The molecule has 0 aromatic heterocycles. The summed E-state index contributed by atoms with van der Waals surface area (Å²) in [6.45, 7) is 10.1. The zero-order valence-electron chi connectivity index (χ0n) is 11.0. The number of hydrogen-bond donors (Lipinski definition) is 0. The molecule has 0 saturated carbocycles. The lowest BCUT2D eigenvalue weighted by atomic mass is 9.97. The molecule has 1 aliphatic heterocycles. The van der Waals surface area contributed by atoms with Gasteiger partial charge in [-0.1, -0.05) is 50.6 Å². The van der Waals surface area contributed by atoms with E-state index in [0.29, 0.717) is 0 Å². The second-order valence-electron chi connectivity index (χ2n) is 5.50. The fraction of sp³-hybridized carbons (Fsp3) is 0.400. The highest BCUT2D eigenvalue weighted by Crippen LogP contribution is 2.35. The van der Waals surface area contributed by atoms with Gasteiger partial charge in [-0.2, -0.15) is 0 Å². The van der Waals surface area contributed by atoms with Crippen molar-refractivity contribution >= 4 is 17.5 Å². The Bertz CT molecular complexity index is 470. The summed E-state index contributed by atoms with van der Waals surface area (Å²) >= 11 is 5.90. The summed E-state index contributed by atoms with van der Waals surface area (Å²) in [4.78, 5) is 4.60. The van der Waals surface area contributed by atoms with E-state index in [1.807, 2.05) is 30.3 Å². The number of nitrogens with zero attached hydrogens (tertiary/aromatic N) is 1. The van der Waals surface area contributed by atoms with Gasteiger partial charge in [0.05, 0.1) is 0 Å². The summed E-state index contributed by atoms with van der Waals surface area (Å²) in [5.74, 6) is 0.785. The second kappa shape index (κ2) is 4.77. The molecule has 96 valence electrons. The molecule has 0 unspecified atom stereocenters. The van der Waals surface area contributed by atoms with Gasteiger partial charge in [0.15, 0.2) is 12.0 Å². The van der Waals surface area contributed by atoms with Crippen molar-refractivity contribution in [3.8, 4) is 0 Å². The third-order valence-corrected chi connectivity index (χ3v) is 3.15. The van der Waals surface area contributed by atoms with Crippen LogP contribution in [0.2, 0.25) is 5.02 Å². The van der Waals surface area contributed by atoms with E-state index in [4.69, 9.17) is 16.3 Å². The van der Waals surface area contributed by atoms with Crippen molar-refractivity contribution in [3.63, 3.8) is 0 Å². The molecule has 2 rings (SSSR count). The summed E-state index contributed by atoms with van der Waals surface area (Å²) in [6.07, 6.45) is 1.74. The SMILES string of the molecule is C=C[C@H]1N=C(C(C)(C)C)O[C@H]1c1ccc(Cl)cc1. The summed E-state index contributed by atoms with van der Waals surface area (Å²) in [5, 5.41) is 0.726. The molecule has 1 heterocycles. The van der Waals surface area contributed by atoms with Crippen LogP contribution in [0.25, 0.3) is 0 Å². The average molecular weight is 264 g/mol. The van der Waals surface area contributed by atoms with Gasteiger partial charge in [0, 0.05) is 10.4 Å². The first-order chi connectivity index (χ1) is 8.41. The molecule has 0 bridgehead atoms. The molecular weight excluding hydrogens is 246 g/mol. The van der Waals surface area contributed by atoms with Crippen molar-refractivity contribution < 1.29 is 4.74 Å². The van der Waals surface area contributed by atoms with E-state index in [2.05, 4.69) is 32.3 Å². The van der Waals surface area contributed by atoms with Crippen LogP contribution in [0.5, 0.6) is 0 Å². The Morgan fingerprint density at radius 1 is 1.28 bits per heavy atom. The van der Waals surface area contributed by atoms with Crippen molar-refractivity contribution in [1.29, 1.82) is 0 Å². The van der Waals surface area contributed by atoms with Crippen molar-refractivity contribution in [2.75, 3.05) is 0 Å². The second-order valence-corrected chi connectivity index (χ2v) is 5.94. The van der Waals surface area contributed by atoms with Crippen LogP contribution in [-0.2, 0) is 4.74 Å². The van der Waals surface area contributed by atoms with Crippen molar-refractivity contribution in [1.82, 2.24) is 0 Å². The van der Waals surface area contributed by atoms with E-state index in [9.17, 15) is 0 Å². The maximum atomic E-state index is 5.99. The van der Waals surface area contributed by atoms with Gasteiger partial charge in [0.2, 0.25) is 0 Å². The smallest absolute Gasteiger partial charge is 0.190 e. The predicted octanol–water partition coefficient (Wildman–Crippen LogP) is 4.41. The molecule has 0 fully saturated rings. The van der Waals surface area contributed by atoms with Gasteiger partial charge < -0.3 is 4.74 Å². The van der Waals surface area contributed by atoms with E-state index in [1.165, 1.54) is 0 Å². The normalized spacial score (nSPS) is 23.4. The predicted molar refractivity (Wildman–Crippen MR) is 76.2 cm³/mol. The maximum absolute atomic E-state index is 5.99. The first-order valence-corrected chi connectivity index (χ1v) is 6.42. The van der Waals surface area contributed by atoms with E-state index in [-0.39, 0.29) is 17.6 Å². The molecule has 3 heteroatoms. The molecular formula is C15H18ClNO. The molecule has 0 amide bonds. The molecule has 0 saturated heterocycles. The molecule has 0 spiro atoms. The van der Waals surface area contributed by atoms with Crippen molar-refractivity contribution in [3.05, 3.63) is 47.5 Å². The molecule has 0 radical (unpaired) electrons. The molecule has 0 aliphatic carbocycles. The Balaban J connectivity index is 2.26. The van der Waals surface area contributed by atoms with E-state index in [1.54, 1.807) is 0 Å². The van der Waals surface area contributed by atoms with Gasteiger partial charge in [-0.05, 0) is 17.7 Å². The summed E-state index contributed by atoms with van der Waals surface area (Å²) in [5.41, 5.74) is 0.995. The molecule has 18 heavy (non-hydrogen) atoms. The van der Waals surface area contributed by atoms with Crippen molar-refractivity contribution in [2.45, 2.75) is 32.9 Å². The van der Waals surface area contributed by atoms with Gasteiger partial charge >= 0.3 is 0 Å². The first-order valence-electron chi connectivity index (χ1n) is 6.05. The molecule has 0 N–H and O–H groups in total. The van der Waals surface area contributed by atoms with E-state index >= 15 is 0 Å². The zero-order valence-corrected chi connectivity index (χ0v) is 11.7. The van der Waals surface area contributed by atoms with Crippen LogP contribution in [0, 0.1) is 5.41 Å². The monoisotopic (exact) mass is 263 g/mol. The van der Waals surface area contributed by atoms with Crippen LogP contribution in [0.1, 0.15) is 32.4 Å². The maximum Gasteiger partial charge on any atom is 0.190 e. The quantitative estimate of drug-likeness (QED) is 0.724. The van der Waals surface area contributed by atoms with Crippen LogP contribution in [0.4, 0.5) is 0 Å². The Morgan fingerprint density at radius 3 is 2.39 bits per heavy atom. The number of rotatable bonds is 2. The Morgan fingerprint density at radius 2 is 1.89 bits per heavy atom. The fourth-order valence-corrected chi connectivity index (χ4v) is 2.01. The van der Waals surface area contributed by atoms with Gasteiger partial charge in [-0.25, -0.2) is 4.99 Å².